The Morgan fingerprint density at radius 1 is 0.475 bits per heavy atom. The van der Waals surface area contributed by atoms with E-state index in [-0.39, 0.29) is 163 Å². The van der Waals surface area contributed by atoms with Gasteiger partial charge in [0.15, 0.2) is 12.4 Å². The first-order valence-corrected chi connectivity index (χ1v) is 22.0. The quantitative estimate of drug-likeness (QED) is 0.0716. The van der Waals surface area contributed by atoms with Gasteiger partial charge in [0.1, 0.15) is 29.7 Å². The van der Waals surface area contributed by atoms with E-state index < -0.39 is 11.9 Å². The van der Waals surface area contributed by atoms with Crippen LogP contribution in [0, 0.1) is 17.8 Å². The highest BCUT2D eigenvalue weighted by Crippen LogP contribution is 2.28. The number of nitrogens with one attached hydrogen (secondary N) is 3. The third-order valence-corrected chi connectivity index (χ3v) is 8.73. The Hall–Kier alpha value is -3.92. The van der Waals surface area contributed by atoms with Gasteiger partial charge in [-0.15, -0.1) is 0 Å². The summed E-state index contributed by atoms with van der Waals surface area (Å²) in [7, 11) is 0. The minimum atomic E-state index is -0.545. The first kappa shape index (κ1) is 55.1. The first-order chi connectivity index (χ1) is 28.8. The van der Waals surface area contributed by atoms with Gasteiger partial charge < -0.3 is 44.4 Å². The van der Waals surface area contributed by atoms with Gasteiger partial charge in [-0.25, -0.2) is 0 Å². The number of ether oxygens (including phenoxy) is 6. The van der Waals surface area contributed by atoms with Crippen molar-refractivity contribution in [1.82, 2.24) is 16.0 Å². The molecule has 61 heavy (non-hydrogen) atoms. The molecule has 1 aromatic carbocycles. The van der Waals surface area contributed by atoms with Crippen molar-refractivity contribution in [3.8, 4) is 11.5 Å². The normalized spacial score (nSPS) is 11.6. The lowest BCUT2D eigenvalue weighted by molar-refractivity contribution is -0.126. The van der Waals surface area contributed by atoms with E-state index in [1.165, 1.54) is 0 Å². The largest absolute Gasteiger partial charge is 0.486 e. The minimum absolute atomic E-state index is 0.0189. The smallest absolute Gasteiger partial charge is 0.258 e. The van der Waals surface area contributed by atoms with Crippen molar-refractivity contribution in [2.24, 2.45) is 17.8 Å². The van der Waals surface area contributed by atoms with Crippen LogP contribution in [0.25, 0.3) is 0 Å². The van der Waals surface area contributed by atoms with Crippen molar-refractivity contribution in [3.05, 3.63) is 23.8 Å². The number of rotatable bonds is 36. The van der Waals surface area contributed by atoms with Gasteiger partial charge >= 0.3 is 0 Å². The fourth-order valence-electron chi connectivity index (χ4n) is 5.91. The molecule has 0 atom stereocenters. The second-order valence-corrected chi connectivity index (χ2v) is 17.4. The summed E-state index contributed by atoms with van der Waals surface area (Å²) in [5, 5.41) is 8.52. The number of hydrogen-bond acceptors (Lipinski definition) is 12. The highest BCUT2D eigenvalue weighted by molar-refractivity contribution is 5.81. The molecule has 0 radical (unpaired) electrons. The molecule has 15 nitrogen and oxygen atoms in total. The van der Waals surface area contributed by atoms with Crippen LogP contribution in [0.2, 0.25) is 0 Å². The highest BCUT2D eigenvalue weighted by atomic mass is 16.5. The molecule has 0 bridgehead atoms. The van der Waals surface area contributed by atoms with Gasteiger partial charge in [-0.3, -0.25) is 28.8 Å². The van der Waals surface area contributed by atoms with E-state index in [9.17, 15) is 28.8 Å². The molecule has 0 unspecified atom stereocenters. The topological polar surface area (TPSA) is 194 Å². The zero-order valence-electron chi connectivity index (χ0n) is 38.7. The van der Waals surface area contributed by atoms with Crippen LogP contribution in [0.5, 0.6) is 11.5 Å². The van der Waals surface area contributed by atoms with Crippen molar-refractivity contribution in [1.29, 1.82) is 0 Å². The predicted molar refractivity (Wildman–Crippen MR) is 234 cm³/mol. The second kappa shape index (κ2) is 31.9. The third kappa shape index (κ3) is 29.9. The van der Waals surface area contributed by atoms with Crippen LogP contribution in [0.4, 0.5) is 0 Å². The Labute approximate surface area is 364 Å². The van der Waals surface area contributed by atoms with Gasteiger partial charge in [-0.2, -0.15) is 0 Å². The molecule has 1 rings (SSSR count). The molecule has 1 aromatic rings. The lowest BCUT2D eigenvalue weighted by Gasteiger charge is -2.20. The van der Waals surface area contributed by atoms with Crippen molar-refractivity contribution < 1.29 is 57.2 Å². The average molecular weight is 864 g/mol. The number of benzene rings is 1. The molecule has 0 aliphatic rings. The summed E-state index contributed by atoms with van der Waals surface area (Å²) in [5.74, 6) is 0.389. The van der Waals surface area contributed by atoms with Gasteiger partial charge in [-0.05, 0) is 63.1 Å². The molecule has 0 aliphatic heterocycles. The van der Waals surface area contributed by atoms with E-state index in [2.05, 4.69) is 16.0 Å². The zero-order valence-corrected chi connectivity index (χ0v) is 38.7. The lowest BCUT2D eigenvalue weighted by Crippen LogP contribution is -2.44. The van der Waals surface area contributed by atoms with Gasteiger partial charge in [0.2, 0.25) is 11.8 Å². The fourth-order valence-corrected chi connectivity index (χ4v) is 5.91. The monoisotopic (exact) mass is 864 g/mol. The summed E-state index contributed by atoms with van der Waals surface area (Å²) in [5.41, 5.74) is 0.877. The third-order valence-electron chi connectivity index (χ3n) is 8.73. The maximum Gasteiger partial charge on any atom is 0.258 e. The molecule has 348 valence electrons. The molecule has 0 fully saturated rings. The second-order valence-electron chi connectivity index (χ2n) is 17.4. The van der Waals surface area contributed by atoms with Crippen molar-refractivity contribution in [2.45, 2.75) is 138 Å². The number of carbonyl (C=O) groups excluding carboxylic acids is 6. The number of amides is 3. The number of Topliss-reactive ketones (excluding diaryl/α,β-unsaturated/α-hetero) is 3. The summed E-state index contributed by atoms with van der Waals surface area (Å²) in [6.45, 7) is 20.3. The molecule has 0 saturated heterocycles. The standard InChI is InChI=1S/C46H77N3O12/c1-31(2)19-39(50)11-15-58-27-38(28-59-16-12-40(51)20-32(3)4)49-46(55)30-61-43-23-37(33(5)6)22-42(24-43)60-29-41(52)21-36(25-56-17-13-44(53)47-34(7)8)26-57-18-14-45(54)48-35(9)10/h22-24,31-36,38H,11-21,25-30H2,1-10H3,(H,47,53)(H,48,54)(H,49,55). The summed E-state index contributed by atoms with van der Waals surface area (Å²) < 4.78 is 34.9. The van der Waals surface area contributed by atoms with Crippen molar-refractivity contribution >= 4 is 35.1 Å². The van der Waals surface area contributed by atoms with Crippen LogP contribution >= 0.6 is 0 Å². The summed E-state index contributed by atoms with van der Waals surface area (Å²) in [4.78, 5) is 74.7. The predicted octanol–water partition coefficient (Wildman–Crippen LogP) is 5.53. The maximum absolute atomic E-state index is 13.2. The van der Waals surface area contributed by atoms with Crippen LogP contribution in [0.1, 0.15) is 126 Å². The summed E-state index contributed by atoms with van der Waals surface area (Å²) in [6, 6.07) is 4.74. The number of ketones is 3. The molecule has 0 saturated carbocycles. The molecular weight excluding hydrogens is 787 g/mol. The fraction of sp³-hybridized carbons (Fsp3) is 0.739. The Balaban J connectivity index is 2.88. The molecule has 0 aliphatic carbocycles. The zero-order chi connectivity index (χ0) is 45.7. The van der Waals surface area contributed by atoms with Crippen molar-refractivity contribution in [3.63, 3.8) is 0 Å². The highest BCUT2D eigenvalue weighted by Gasteiger charge is 2.19. The van der Waals surface area contributed by atoms with Gasteiger partial charge in [0, 0.05) is 69.0 Å². The molecule has 3 N–H and O–H groups in total. The van der Waals surface area contributed by atoms with Gasteiger partial charge in [-0.1, -0.05) is 41.5 Å². The lowest BCUT2D eigenvalue weighted by atomic mass is 10.0. The number of carbonyl (C=O) groups is 6. The van der Waals surface area contributed by atoms with E-state index in [4.69, 9.17) is 28.4 Å². The molecule has 0 heterocycles. The average Bonchev–Trinajstić information content (AvgIpc) is 3.15. The summed E-state index contributed by atoms with van der Waals surface area (Å²) >= 11 is 0. The van der Waals surface area contributed by atoms with Crippen LogP contribution in [0.3, 0.4) is 0 Å². The van der Waals surface area contributed by atoms with E-state index >= 15 is 0 Å². The Bertz CT molecular complexity index is 1300. The van der Waals surface area contributed by atoms with E-state index in [1.807, 2.05) is 81.4 Å². The number of hydrogen-bond donors (Lipinski definition) is 3. The van der Waals surface area contributed by atoms with E-state index in [0.29, 0.717) is 24.3 Å². The Morgan fingerprint density at radius 2 is 0.902 bits per heavy atom. The Morgan fingerprint density at radius 3 is 1.33 bits per heavy atom. The first-order valence-electron chi connectivity index (χ1n) is 22.0. The Kier molecular flexibility index (Phi) is 28.8. The molecule has 3 amide bonds. The van der Waals surface area contributed by atoms with Crippen molar-refractivity contribution in [2.75, 3.05) is 66.1 Å². The van der Waals surface area contributed by atoms with E-state index in [0.717, 1.165) is 5.56 Å². The SMILES string of the molecule is CC(C)CC(=O)CCOCC(COCCC(=O)CC(C)C)NC(=O)COc1cc(OCC(=O)CC(COCCC(=O)NC(C)C)COCCC(=O)NC(C)C)cc(C(C)C)c1. The van der Waals surface area contributed by atoms with Crippen LogP contribution in [-0.2, 0) is 47.7 Å². The molecule has 15 heteroatoms. The molecule has 0 aromatic heterocycles. The minimum Gasteiger partial charge on any atom is -0.486 e. The maximum atomic E-state index is 13.2. The van der Waals surface area contributed by atoms with Crippen LogP contribution in [-0.4, -0.2) is 119 Å². The molecular formula is C46H77N3O12. The molecule has 0 spiro atoms. The van der Waals surface area contributed by atoms with Crippen LogP contribution in [0.15, 0.2) is 18.2 Å². The summed E-state index contributed by atoms with van der Waals surface area (Å²) in [6.07, 6.45) is 1.96. The van der Waals surface area contributed by atoms with E-state index in [1.54, 1.807) is 6.07 Å². The van der Waals surface area contributed by atoms with Gasteiger partial charge in [0.25, 0.3) is 5.91 Å². The van der Waals surface area contributed by atoms with Gasteiger partial charge in [0.05, 0.1) is 58.9 Å². The van der Waals surface area contributed by atoms with Crippen LogP contribution < -0.4 is 25.4 Å².